The van der Waals surface area contributed by atoms with Gasteiger partial charge < -0.3 is 9.64 Å². The lowest BCUT2D eigenvalue weighted by atomic mass is 10.2. The van der Waals surface area contributed by atoms with Crippen molar-refractivity contribution in [2.45, 2.75) is 50.3 Å². The SMILES string of the molecule is CCCCCC(=O)N=C1S[C@@H]2CS(=O)(=O)C[C@H]2N1c1ccc(OC(F)(F)F)cc1. The Balaban J connectivity index is 1.85. The molecule has 1 aromatic rings. The van der Waals surface area contributed by atoms with E-state index >= 15 is 0 Å². The third-order valence-electron chi connectivity index (χ3n) is 4.63. The first kappa shape index (κ1) is 21.9. The van der Waals surface area contributed by atoms with Crippen molar-refractivity contribution in [1.82, 2.24) is 0 Å². The van der Waals surface area contributed by atoms with E-state index in [4.69, 9.17) is 0 Å². The minimum absolute atomic E-state index is 0.0167. The van der Waals surface area contributed by atoms with Crippen LogP contribution in [0.1, 0.15) is 32.6 Å². The third kappa shape index (κ3) is 5.65. The number of rotatable bonds is 6. The van der Waals surface area contributed by atoms with Crippen LogP contribution in [-0.4, -0.2) is 48.7 Å². The normalized spacial score (nSPS) is 24.7. The summed E-state index contributed by atoms with van der Waals surface area (Å²) in [5, 5.41) is 0.120. The summed E-state index contributed by atoms with van der Waals surface area (Å²) < 4.78 is 65.1. The van der Waals surface area contributed by atoms with Crippen molar-refractivity contribution in [2.24, 2.45) is 4.99 Å². The van der Waals surface area contributed by atoms with Gasteiger partial charge >= 0.3 is 6.36 Å². The number of carbonyl (C=O) groups is 1. The summed E-state index contributed by atoms with van der Waals surface area (Å²) in [6.07, 6.45) is -1.89. The van der Waals surface area contributed by atoms with Crippen LogP contribution in [0.15, 0.2) is 29.3 Å². The number of alkyl halides is 3. The maximum Gasteiger partial charge on any atom is 0.573 e. The first-order valence-electron chi connectivity index (χ1n) is 9.21. The van der Waals surface area contributed by atoms with E-state index in [1.54, 1.807) is 4.90 Å². The van der Waals surface area contributed by atoms with Gasteiger partial charge in [0.1, 0.15) is 5.75 Å². The van der Waals surface area contributed by atoms with Crippen molar-refractivity contribution < 1.29 is 31.1 Å². The number of nitrogens with zero attached hydrogens (tertiary/aromatic N) is 2. The second-order valence-electron chi connectivity index (χ2n) is 6.96. The fraction of sp³-hybridized carbons (Fsp3) is 0.556. The smallest absolute Gasteiger partial charge is 0.406 e. The van der Waals surface area contributed by atoms with Gasteiger partial charge in [-0.05, 0) is 30.7 Å². The van der Waals surface area contributed by atoms with Crippen LogP contribution in [0.5, 0.6) is 5.75 Å². The molecular weight excluding hydrogens is 429 g/mol. The zero-order chi connectivity index (χ0) is 21.2. The number of thioether (sulfide) groups is 1. The van der Waals surface area contributed by atoms with Gasteiger partial charge in [0.15, 0.2) is 15.0 Å². The zero-order valence-corrected chi connectivity index (χ0v) is 17.3. The van der Waals surface area contributed by atoms with Gasteiger partial charge in [0, 0.05) is 17.4 Å². The molecule has 3 rings (SSSR count). The Morgan fingerprint density at radius 1 is 1.24 bits per heavy atom. The number of fused-ring (bicyclic) bond motifs is 1. The Bertz CT molecular complexity index is 885. The standard InChI is InChI=1S/C18H21F3N2O4S2/c1-2-3-4-5-16(24)22-17-23(14-10-29(25,26)11-15(14)28-17)12-6-8-13(9-7-12)27-18(19,20)21/h6-9,14-15H,2-5,10-11H2,1H3/t14-,15-/m1/s1. The van der Waals surface area contributed by atoms with Crippen LogP contribution >= 0.6 is 11.8 Å². The molecule has 0 N–H and O–H groups in total. The molecule has 0 radical (unpaired) electrons. The Hall–Kier alpha value is -1.75. The molecule has 2 fully saturated rings. The number of amidine groups is 1. The lowest BCUT2D eigenvalue weighted by molar-refractivity contribution is -0.274. The molecular formula is C18H21F3N2O4S2. The summed E-state index contributed by atoms with van der Waals surface area (Å²) in [6.45, 7) is 2.03. The highest BCUT2D eigenvalue weighted by molar-refractivity contribution is 8.16. The van der Waals surface area contributed by atoms with Crippen LogP contribution in [0.25, 0.3) is 0 Å². The van der Waals surface area contributed by atoms with Gasteiger partial charge in [-0.15, -0.1) is 13.2 Å². The van der Waals surface area contributed by atoms with E-state index in [2.05, 4.69) is 9.73 Å². The number of benzene rings is 1. The van der Waals surface area contributed by atoms with E-state index < -0.39 is 22.2 Å². The van der Waals surface area contributed by atoms with Crippen LogP contribution in [-0.2, 0) is 14.6 Å². The maximum atomic E-state index is 12.4. The number of aliphatic imine (C=N–C) groups is 1. The van der Waals surface area contributed by atoms with Gasteiger partial charge in [-0.1, -0.05) is 31.5 Å². The number of carbonyl (C=O) groups excluding carboxylic acids is 1. The molecule has 29 heavy (non-hydrogen) atoms. The first-order valence-corrected chi connectivity index (χ1v) is 11.9. The number of sulfone groups is 1. The van der Waals surface area contributed by atoms with Crippen LogP contribution in [0.2, 0.25) is 0 Å². The van der Waals surface area contributed by atoms with Gasteiger partial charge in [-0.25, -0.2) is 8.42 Å². The zero-order valence-electron chi connectivity index (χ0n) is 15.7. The molecule has 2 aliphatic heterocycles. The predicted molar refractivity (Wildman–Crippen MR) is 106 cm³/mol. The highest BCUT2D eigenvalue weighted by Crippen LogP contribution is 2.41. The Labute approximate surface area is 171 Å². The second kappa shape index (κ2) is 8.55. The molecule has 11 heteroatoms. The van der Waals surface area contributed by atoms with Crippen molar-refractivity contribution in [3.05, 3.63) is 24.3 Å². The summed E-state index contributed by atoms with van der Waals surface area (Å²) in [7, 11) is -3.22. The van der Waals surface area contributed by atoms with Crippen LogP contribution in [0.4, 0.5) is 18.9 Å². The lowest BCUT2D eigenvalue weighted by Gasteiger charge is -2.24. The van der Waals surface area contributed by atoms with Gasteiger partial charge in [0.05, 0.1) is 17.5 Å². The number of hydrogen-bond acceptors (Lipinski definition) is 5. The highest BCUT2D eigenvalue weighted by Gasteiger charge is 2.49. The van der Waals surface area contributed by atoms with E-state index in [-0.39, 0.29) is 28.4 Å². The monoisotopic (exact) mass is 450 g/mol. The molecule has 0 saturated carbocycles. The molecule has 0 spiro atoms. The molecule has 160 valence electrons. The fourth-order valence-electron chi connectivity index (χ4n) is 3.36. The first-order chi connectivity index (χ1) is 13.6. The Morgan fingerprint density at radius 3 is 2.55 bits per heavy atom. The molecule has 0 aromatic heterocycles. The number of unbranched alkanes of at least 4 members (excludes halogenated alkanes) is 2. The minimum atomic E-state index is -4.80. The quantitative estimate of drug-likeness (QED) is 0.615. The topological polar surface area (TPSA) is 76.0 Å². The Morgan fingerprint density at radius 2 is 1.93 bits per heavy atom. The van der Waals surface area contributed by atoms with Crippen molar-refractivity contribution in [1.29, 1.82) is 0 Å². The third-order valence-corrected chi connectivity index (χ3v) is 7.84. The molecule has 2 saturated heterocycles. The van der Waals surface area contributed by atoms with E-state index in [1.165, 1.54) is 23.9 Å². The summed E-state index contributed by atoms with van der Waals surface area (Å²) in [6, 6.07) is 4.72. The summed E-state index contributed by atoms with van der Waals surface area (Å²) in [4.78, 5) is 18.0. The predicted octanol–water partition coefficient (Wildman–Crippen LogP) is 3.77. The number of amides is 1. The van der Waals surface area contributed by atoms with Crippen LogP contribution in [0.3, 0.4) is 0 Å². The molecule has 2 heterocycles. The van der Waals surface area contributed by atoms with Gasteiger partial charge in [-0.3, -0.25) is 4.79 Å². The van der Waals surface area contributed by atoms with E-state index in [1.807, 2.05) is 6.92 Å². The fourth-order valence-corrected chi connectivity index (χ4v) is 7.29. The lowest BCUT2D eigenvalue weighted by Crippen LogP contribution is -2.37. The van der Waals surface area contributed by atoms with Crippen molar-refractivity contribution in [3.8, 4) is 5.75 Å². The molecule has 0 bridgehead atoms. The van der Waals surface area contributed by atoms with Crippen molar-refractivity contribution in [2.75, 3.05) is 16.4 Å². The molecule has 6 nitrogen and oxygen atoms in total. The Kier molecular flexibility index (Phi) is 6.47. The van der Waals surface area contributed by atoms with E-state index in [9.17, 15) is 26.4 Å². The molecule has 2 atom stereocenters. The number of hydrogen-bond donors (Lipinski definition) is 0. The highest BCUT2D eigenvalue weighted by atomic mass is 32.2. The molecule has 1 amide bonds. The van der Waals surface area contributed by atoms with Crippen LogP contribution in [0, 0.1) is 0 Å². The van der Waals surface area contributed by atoms with Gasteiger partial charge in [-0.2, -0.15) is 4.99 Å². The average molecular weight is 451 g/mol. The molecule has 0 unspecified atom stereocenters. The van der Waals surface area contributed by atoms with Crippen molar-refractivity contribution in [3.63, 3.8) is 0 Å². The maximum absolute atomic E-state index is 12.4. The minimum Gasteiger partial charge on any atom is -0.406 e. The van der Waals surface area contributed by atoms with Gasteiger partial charge in [0.25, 0.3) is 0 Å². The number of ether oxygens (including phenoxy) is 1. The summed E-state index contributed by atoms with van der Waals surface area (Å²) in [5.41, 5.74) is 0.469. The summed E-state index contributed by atoms with van der Waals surface area (Å²) in [5.74, 6) is -0.769. The van der Waals surface area contributed by atoms with E-state index in [0.29, 0.717) is 17.3 Å². The van der Waals surface area contributed by atoms with Gasteiger partial charge in [0.2, 0.25) is 5.91 Å². The van der Waals surface area contributed by atoms with E-state index in [0.717, 1.165) is 31.4 Å². The van der Waals surface area contributed by atoms with Crippen molar-refractivity contribution >= 4 is 38.4 Å². The summed E-state index contributed by atoms with van der Waals surface area (Å²) >= 11 is 1.23. The second-order valence-corrected chi connectivity index (χ2v) is 10.3. The molecule has 2 aliphatic rings. The van der Waals surface area contributed by atoms with Crippen LogP contribution < -0.4 is 9.64 Å². The number of anilines is 1. The average Bonchev–Trinajstić information content (AvgIpc) is 3.05. The molecule has 0 aliphatic carbocycles. The number of halogens is 3. The molecule has 1 aromatic carbocycles. The largest absolute Gasteiger partial charge is 0.573 e.